The number of nitrogens with one attached hydrogen (secondary N) is 5. The summed E-state index contributed by atoms with van der Waals surface area (Å²) in [5.41, 5.74) is 14.1. The molecule has 5 aromatic heterocycles. The monoisotopic (exact) mass is 1420 g/mol. The number of morpholine rings is 1. The average molecular weight is 1420 g/mol. The molecule has 29 heteroatoms. The van der Waals surface area contributed by atoms with Gasteiger partial charge < -0.3 is 55.0 Å². The number of hydrogen-bond donors (Lipinski definition) is 7. The van der Waals surface area contributed by atoms with Gasteiger partial charge >= 0.3 is 0 Å². The molecule has 544 valence electrons. The van der Waals surface area contributed by atoms with E-state index in [-0.39, 0.29) is 74.2 Å². The van der Waals surface area contributed by atoms with Crippen molar-refractivity contribution in [3.8, 4) is 21.9 Å². The van der Waals surface area contributed by atoms with Crippen molar-refractivity contribution >= 4 is 86.7 Å². The van der Waals surface area contributed by atoms with E-state index in [2.05, 4.69) is 46.7 Å². The number of hydrogen-bond acceptors (Lipinski definition) is 18. The lowest BCUT2D eigenvalue weighted by Crippen LogP contribution is -2.57. The number of likely N-dealkylation sites (tertiary alicyclic amines) is 1. The third-order valence-corrected chi connectivity index (χ3v) is 19.2. The molecule has 7 amide bonds. The van der Waals surface area contributed by atoms with Crippen LogP contribution >= 0.6 is 11.3 Å². The largest absolute Gasteiger partial charge is 0.494 e. The number of unbranched alkanes of at least 4 members (excludes halogenated alkanes) is 5. The number of allylic oxidation sites excluding steroid dienone is 2. The third kappa shape index (κ3) is 18.4. The second kappa shape index (κ2) is 34.2. The van der Waals surface area contributed by atoms with Gasteiger partial charge in [0.05, 0.1) is 71.5 Å². The summed E-state index contributed by atoms with van der Waals surface area (Å²) < 4.78 is 24.7. The van der Waals surface area contributed by atoms with Crippen molar-refractivity contribution in [2.24, 2.45) is 11.1 Å². The normalized spacial score (nSPS) is 15.3. The number of anilines is 2. The van der Waals surface area contributed by atoms with Gasteiger partial charge in [-0.2, -0.15) is 10.2 Å². The highest BCUT2D eigenvalue weighted by molar-refractivity contribution is 7.13. The molecule has 2 aliphatic rings. The molecule has 8 N–H and O–H groups in total. The van der Waals surface area contributed by atoms with E-state index < -0.39 is 47.2 Å². The Morgan fingerprint density at radius 2 is 1.33 bits per heavy atom. The van der Waals surface area contributed by atoms with E-state index in [4.69, 9.17) is 29.9 Å². The fraction of sp³-hybridized carbons (Fsp3) is 0.479. The SMILES string of the molecule is CCn1nc(C)cc1C(=O)Nc1nc2cc(C(=O)NCCCCCCCCC(=O)N[C@@H](C(=O)N3C[C@@H](O)C[C@H]3C(=O)NCc3ccc(-c4scnc4C)cc3)C(C)(C)C)cc(OC)c2n1C/C=C/Cn1c(NC(=O)c2cc(C)nn2CC)nc2cc(C(N)=O)cc(OCCCN3CCOCC3)c21. The van der Waals surface area contributed by atoms with Crippen LogP contribution in [0.3, 0.4) is 0 Å². The molecule has 7 heterocycles. The second-order valence-electron chi connectivity index (χ2n) is 26.9. The maximum Gasteiger partial charge on any atom is 0.276 e. The topological polar surface area (TPSA) is 344 Å². The van der Waals surface area contributed by atoms with E-state index in [1.165, 1.54) is 12.0 Å². The first-order valence-electron chi connectivity index (χ1n) is 35.1. The van der Waals surface area contributed by atoms with Gasteiger partial charge in [-0.05, 0) is 107 Å². The molecule has 8 aromatic rings. The first-order chi connectivity index (χ1) is 49.0. The minimum atomic E-state index is -0.926. The van der Waals surface area contributed by atoms with Crippen LogP contribution in [0.5, 0.6) is 11.5 Å². The Morgan fingerprint density at radius 1 is 0.745 bits per heavy atom. The summed E-state index contributed by atoms with van der Waals surface area (Å²) in [5.74, 6) is -1.94. The molecule has 2 aliphatic heterocycles. The number of rotatable bonds is 33. The Kier molecular flexibility index (Phi) is 25.1. The molecule has 0 bridgehead atoms. The number of imidazole rings is 2. The number of primary amides is 1. The summed E-state index contributed by atoms with van der Waals surface area (Å²) in [6, 6.07) is 15.9. The van der Waals surface area contributed by atoms with Gasteiger partial charge in [-0.1, -0.05) is 82.9 Å². The van der Waals surface area contributed by atoms with Gasteiger partial charge in [0, 0.05) is 89.4 Å². The average Bonchev–Trinajstić information content (AvgIpc) is 1.62. The number of aryl methyl sites for hydroxylation is 5. The number of nitrogens with two attached hydrogens (primary N) is 1. The number of ether oxygens (including phenoxy) is 3. The number of aliphatic hydroxyl groups is 1. The van der Waals surface area contributed by atoms with Crippen LogP contribution in [0.25, 0.3) is 32.5 Å². The number of benzene rings is 3. The molecule has 0 spiro atoms. The van der Waals surface area contributed by atoms with Crippen LogP contribution in [0.15, 0.2) is 78.3 Å². The summed E-state index contributed by atoms with van der Waals surface area (Å²) in [6.45, 7) is 20.8. The Hall–Kier alpha value is -9.84. The lowest BCUT2D eigenvalue weighted by Gasteiger charge is -2.35. The summed E-state index contributed by atoms with van der Waals surface area (Å²) in [6.07, 6.45) is 8.45. The Labute approximate surface area is 597 Å². The van der Waals surface area contributed by atoms with Gasteiger partial charge in [0.15, 0.2) is 0 Å². The predicted octanol–water partition coefficient (Wildman–Crippen LogP) is 8.11. The molecule has 0 saturated carbocycles. The summed E-state index contributed by atoms with van der Waals surface area (Å²) in [7, 11) is 1.50. The number of aliphatic hydroxyl groups excluding tert-OH is 1. The zero-order valence-electron chi connectivity index (χ0n) is 59.7. The summed E-state index contributed by atoms with van der Waals surface area (Å²) in [5, 5.41) is 34.6. The van der Waals surface area contributed by atoms with Crippen molar-refractivity contribution in [3.63, 3.8) is 0 Å². The maximum absolute atomic E-state index is 14.2. The van der Waals surface area contributed by atoms with Crippen molar-refractivity contribution < 1.29 is 52.9 Å². The summed E-state index contributed by atoms with van der Waals surface area (Å²) in [4.78, 5) is 115. The molecule has 2 saturated heterocycles. The number of β-amino-alcohol motifs (C(OH)–C–C–N with tert-alkyl or cyclic N) is 1. The number of amides is 7. The van der Waals surface area contributed by atoms with Gasteiger partial charge in [-0.3, -0.25) is 58.5 Å². The van der Waals surface area contributed by atoms with Crippen LogP contribution < -0.4 is 41.8 Å². The van der Waals surface area contributed by atoms with Gasteiger partial charge in [0.2, 0.25) is 35.5 Å². The van der Waals surface area contributed by atoms with E-state index in [9.17, 15) is 38.7 Å². The number of carbonyl (C=O) groups excluding carboxylic acids is 7. The fourth-order valence-electron chi connectivity index (χ4n) is 12.9. The molecular formula is C73H95N17O11S. The molecule has 0 unspecified atom stereocenters. The Balaban J connectivity index is 0.761. The lowest BCUT2D eigenvalue weighted by molar-refractivity contribution is -0.144. The zero-order chi connectivity index (χ0) is 72.8. The fourth-order valence-corrected chi connectivity index (χ4v) is 13.7. The quantitative estimate of drug-likeness (QED) is 0.0151. The molecule has 0 radical (unpaired) electrons. The second-order valence-corrected chi connectivity index (χ2v) is 27.8. The van der Waals surface area contributed by atoms with Crippen LogP contribution in [0.2, 0.25) is 0 Å². The first kappa shape index (κ1) is 74.8. The van der Waals surface area contributed by atoms with Gasteiger partial charge in [0.25, 0.3) is 17.7 Å². The van der Waals surface area contributed by atoms with Gasteiger partial charge in [-0.25, -0.2) is 15.0 Å². The predicted molar refractivity (Wildman–Crippen MR) is 389 cm³/mol. The molecule has 3 atom stereocenters. The molecule has 0 aliphatic carbocycles. The van der Waals surface area contributed by atoms with Crippen LogP contribution in [-0.2, 0) is 51.8 Å². The molecule has 10 rings (SSSR count). The number of aromatic nitrogens is 9. The molecule has 3 aromatic carbocycles. The third-order valence-electron chi connectivity index (χ3n) is 18.2. The van der Waals surface area contributed by atoms with E-state index in [0.717, 1.165) is 67.0 Å². The maximum atomic E-state index is 14.2. The van der Waals surface area contributed by atoms with Crippen molar-refractivity contribution in [2.45, 2.75) is 164 Å². The van der Waals surface area contributed by atoms with Gasteiger partial charge in [0.1, 0.15) is 46.0 Å². The molecular weight excluding hydrogens is 1320 g/mol. The van der Waals surface area contributed by atoms with Crippen LogP contribution in [0.4, 0.5) is 11.9 Å². The number of nitrogens with zero attached hydrogens (tertiary/aromatic N) is 11. The standard InChI is InChI=1S/C73H95N17O11S/c1-10-89-56(35-45(3)83-89)68(96)81-71-79-54-38-51(66(94)75-26-17-15-13-12-14-16-21-60(92)80-64(73(6,7)8)70(98)88-43-52(91)41-55(88)67(95)76-42-48-22-24-49(25-23-48)63-47(5)77-44-102-63)40-58(99-9)61(54)86(71)28-18-19-29-87-62-53(78-72(87)82-69(97)57-36-46(4)84-90(57)11-2)37-50(65(74)93)39-59(62)101-32-20-27-85-30-33-100-34-31-85/h18-19,22-25,35-40,44,52,55,64,91H,10-17,20-21,26-34,41-43H2,1-9H3,(H2,74,93)(H,75,94)(H,76,95)(H,80,92)(H,78,82,97)(H,79,81,96)/b19-18+/t52-,55-,64-/m0/s1. The lowest BCUT2D eigenvalue weighted by atomic mass is 9.85. The van der Waals surface area contributed by atoms with Crippen LogP contribution in [0.1, 0.15) is 157 Å². The number of methoxy groups -OCH3 is 1. The van der Waals surface area contributed by atoms with Crippen molar-refractivity contribution in [2.75, 3.05) is 70.3 Å². The van der Waals surface area contributed by atoms with Gasteiger partial charge in [-0.15, -0.1) is 11.3 Å². The Bertz CT molecular complexity index is 4340. The highest BCUT2D eigenvalue weighted by atomic mass is 32.1. The smallest absolute Gasteiger partial charge is 0.276 e. The summed E-state index contributed by atoms with van der Waals surface area (Å²) >= 11 is 1.57. The van der Waals surface area contributed by atoms with Crippen molar-refractivity contribution in [1.29, 1.82) is 0 Å². The van der Waals surface area contributed by atoms with E-state index in [0.29, 0.717) is 121 Å². The van der Waals surface area contributed by atoms with Crippen molar-refractivity contribution in [1.82, 2.24) is 69.4 Å². The minimum absolute atomic E-state index is 0.0169. The molecule has 102 heavy (non-hydrogen) atoms. The highest BCUT2D eigenvalue weighted by Crippen LogP contribution is 2.35. The van der Waals surface area contributed by atoms with E-state index >= 15 is 0 Å². The van der Waals surface area contributed by atoms with Crippen molar-refractivity contribution in [3.05, 3.63) is 123 Å². The van der Waals surface area contributed by atoms with E-state index in [1.807, 2.05) is 90.4 Å². The minimum Gasteiger partial charge on any atom is -0.494 e. The molecule has 2 fully saturated rings. The van der Waals surface area contributed by atoms with Crippen LogP contribution in [-0.4, -0.2) is 178 Å². The van der Waals surface area contributed by atoms with E-state index in [1.54, 1.807) is 73.2 Å². The first-order valence-corrected chi connectivity index (χ1v) is 35.9. The number of fused-ring (bicyclic) bond motifs is 2. The molecule has 28 nitrogen and oxygen atoms in total. The number of carbonyl (C=O) groups is 7. The highest BCUT2D eigenvalue weighted by Gasteiger charge is 2.44. The number of thiazole rings is 1. The van der Waals surface area contributed by atoms with Crippen LogP contribution in [0, 0.1) is 26.2 Å². The zero-order valence-corrected chi connectivity index (χ0v) is 60.5. The Morgan fingerprint density at radius 3 is 1.91 bits per heavy atom.